The molecule has 0 aliphatic heterocycles. The lowest BCUT2D eigenvalue weighted by Gasteiger charge is -2.10. The third-order valence-electron chi connectivity index (χ3n) is 4.88. The molecule has 4 rings (SSSR count). The van der Waals surface area contributed by atoms with Crippen molar-refractivity contribution in [1.82, 2.24) is 35.5 Å². The van der Waals surface area contributed by atoms with Gasteiger partial charge in [-0.2, -0.15) is 5.10 Å². The Morgan fingerprint density at radius 1 is 1.00 bits per heavy atom. The van der Waals surface area contributed by atoms with Crippen molar-refractivity contribution in [2.45, 2.75) is 46.8 Å². The number of amides is 1. The molecule has 4 aromatic rings. The Hall–Kier alpha value is -4.14. The van der Waals surface area contributed by atoms with Gasteiger partial charge in [0, 0.05) is 29.6 Å². The van der Waals surface area contributed by atoms with E-state index in [9.17, 15) is 4.79 Å². The molecule has 4 aromatic heterocycles. The maximum Gasteiger partial charge on any atom is 0.270 e. The summed E-state index contributed by atoms with van der Waals surface area (Å²) < 4.78 is 5.58. The molecular weight excluding hydrogens is 430 g/mol. The molecule has 0 saturated carbocycles. The third-order valence-corrected chi connectivity index (χ3v) is 4.88. The number of hydrogen-bond donors (Lipinski definition) is 2. The second-order valence-corrected chi connectivity index (χ2v) is 8.31. The smallest absolute Gasteiger partial charge is 0.270 e. The fourth-order valence-corrected chi connectivity index (χ4v) is 3.38. The van der Waals surface area contributed by atoms with E-state index < -0.39 is 0 Å². The molecule has 34 heavy (non-hydrogen) atoms. The highest BCUT2D eigenvalue weighted by Gasteiger charge is 2.11. The normalized spacial score (nSPS) is 11.0. The summed E-state index contributed by atoms with van der Waals surface area (Å²) in [6.45, 7) is 8.10. The van der Waals surface area contributed by atoms with E-state index in [0.717, 1.165) is 34.0 Å². The number of rotatable bonds is 8. The molecule has 174 valence electrons. The summed E-state index contributed by atoms with van der Waals surface area (Å²) in [5, 5.41) is 10.1. The Bertz CT molecular complexity index is 1270. The number of pyridine rings is 2. The highest BCUT2D eigenvalue weighted by Crippen LogP contribution is 2.17. The molecule has 0 bridgehead atoms. The average molecular weight is 458 g/mol. The molecule has 0 fully saturated rings. The zero-order valence-electron chi connectivity index (χ0n) is 19.7. The van der Waals surface area contributed by atoms with Crippen LogP contribution in [0.5, 0.6) is 5.75 Å². The second-order valence-electron chi connectivity index (χ2n) is 8.31. The Morgan fingerprint density at radius 3 is 2.50 bits per heavy atom. The first-order valence-corrected chi connectivity index (χ1v) is 11.1. The van der Waals surface area contributed by atoms with Crippen molar-refractivity contribution in [1.29, 1.82) is 0 Å². The van der Waals surface area contributed by atoms with Gasteiger partial charge in [-0.05, 0) is 64.1 Å². The van der Waals surface area contributed by atoms with Gasteiger partial charge < -0.3 is 10.1 Å². The highest BCUT2D eigenvalue weighted by atomic mass is 16.5. The number of aromatic amines is 1. The number of ether oxygens (including phenoxy) is 1. The van der Waals surface area contributed by atoms with Crippen molar-refractivity contribution in [2.75, 3.05) is 0 Å². The van der Waals surface area contributed by atoms with Crippen molar-refractivity contribution < 1.29 is 9.53 Å². The van der Waals surface area contributed by atoms with E-state index >= 15 is 0 Å². The molecule has 1 amide bonds. The van der Waals surface area contributed by atoms with Crippen LogP contribution in [0.25, 0.3) is 11.4 Å². The van der Waals surface area contributed by atoms with Crippen molar-refractivity contribution in [3.05, 3.63) is 83.0 Å². The minimum absolute atomic E-state index is 0.0820. The van der Waals surface area contributed by atoms with Crippen LogP contribution in [0.4, 0.5) is 0 Å². The van der Waals surface area contributed by atoms with Gasteiger partial charge in [-0.3, -0.25) is 19.9 Å². The summed E-state index contributed by atoms with van der Waals surface area (Å²) in [5.74, 6) is 0.980. The zero-order valence-corrected chi connectivity index (χ0v) is 19.7. The van der Waals surface area contributed by atoms with E-state index in [4.69, 9.17) is 4.74 Å². The molecule has 0 atom stereocenters. The highest BCUT2D eigenvalue weighted by molar-refractivity contribution is 5.92. The van der Waals surface area contributed by atoms with Crippen LogP contribution in [0.15, 0.2) is 48.8 Å². The van der Waals surface area contributed by atoms with Crippen molar-refractivity contribution in [3.63, 3.8) is 0 Å². The lowest BCUT2D eigenvalue weighted by Crippen LogP contribution is -2.24. The van der Waals surface area contributed by atoms with Gasteiger partial charge in [-0.1, -0.05) is 0 Å². The molecular formula is C25H27N7O2. The van der Waals surface area contributed by atoms with Crippen LogP contribution in [0.3, 0.4) is 0 Å². The topological polar surface area (TPSA) is 119 Å². The number of aromatic nitrogens is 6. The van der Waals surface area contributed by atoms with Crippen LogP contribution in [0, 0.1) is 13.8 Å². The summed E-state index contributed by atoms with van der Waals surface area (Å²) >= 11 is 0. The van der Waals surface area contributed by atoms with Crippen LogP contribution >= 0.6 is 0 Å². The molecule has 0 unspecified atom stereocenters. The van der Waals surface area contributed by atoms with Crippen LogP contribution in [0.2, 0.25) is 0 Å². The first kappa shape index (κ1) is 23.0. The van der Waals surface area contributed by atoms with Crippen molar-refractivity contribution in [2.24, 2.45) is 0 Å². The van der Waals surface area contributed by atoms with Crippen LogP contribution in [0.1, 0.15) is 52.8 Å². The van der Waals surface area contributed by atoms with E-state index in [2.05, 4.69) is 35.5 Å². The lowest BCUT2D eigenvalue weighted by atomic mass is 10.2. The quantitative estimate of drug-likeness (QED) is 0.415. The second kappa shape index (κ2) is 10.2. The fourth-order valence-electron chi connectivity index (χ4n) is 3.38. The molecule has 4 heterocycles. The molecule has 9 nitrogen and oxygen atoms in total. The van der Waals surface area contributed by atoms with Gasteiger partial charge in [0.2, 0.25) is 0 Å². The summed E-state index contributed by atoms with van der Waals surface area (Å²) in [4.78, 5) is 30.3. The first-order chi connectivity index (χ1) is 16.4. The van der Waals surface area contributed by atoms with E-state index in [-0.39, 0.29) is 12.0 Å². The van der Waals surface area contributed by atoms with E-state index in [1.165, 1.54) is 0 Å². The predicted molar refractivity (Wildman–Crippen MR) is 127 cm³/mol. The Morgan fingerprint density at radius 2 is 1.85 bits per heavy atom. The summed E-state index contributed by atoms with van der Waals surface area (Å²) in [6.07, 6.45) is 3.95. The number of carbonyl (C=O) groups is 1. The van der Waals surface area contributed by atoms with Crippen molar-refractivity contribution >= 4 is 5.91 Å². The molecule has 0 aliphatic rings. The van der Waals surface area contributed by atoms with E-state index in [0.29, 0.717) is 30.2 Å². The SMILES string of the molecule is Cc1cc(Cc2cc(C)[nH]n2)nc(-c2ccc(C(=O)NCc3ccc(OC(C)C)cn3)nc2)n1. The summed E-state index contributed by atoms with van der Waals surface area (Å²) in [6, 6.07) is 11.1. The van der Waals surface area contributed by atoms with Crippen LogP contribution in [-0.4, -0.2) is 42.1 Å². The van der Waals surface area contributed by atoms with E-state index in [1.807, 2.05) is 52.0 Å². The van der Waals surface area contributed by atoms with Crippen LogP contribution in [-0.2, 0) is 13.0 Å². The Labute approximate surface area is 198 Å². The average Bonchev–Trinajstić information content (AvgIpc) is 3.22. The molecule has 2 N–H and O–H groups in total. The zero-order chi connectivity index (χ0) is 24.1. The van der Waals surface area contributed by atoms with Gasteiger partial charge in [0.1, 0.15) is 11.4 Å². The van der Waals surface area contributed by atoms with Gasteiger partial charge >= 0.3 is 0 Å². The lowest BCUT2D eigenvalue weighted by molar-refractivity contribution is 0.0945. The maximum absolute atomic E-state index is 12.5. The van der Waals surface area contributed by atoms with Crippen molar-refractivity contribution in [3.8, 4) is 17.1 Å². The molecule has 0 radical (unpaired) electrons. The maximum atomic E-state index is 12.5. The minimum atomic E-state index is -0.282. The Kier molecular flexibility index (Phi) is 6.91. The van der Waals surface area contributed by atoms with Gasteiger partial charge in [-0.15, -0.1) is 0 Å². The summed E-state index contributed by atoms with van der Waals surface area (Å²) in [7, 11) is 0. The van der Waals surface area contributed by atoms with Gasteiger partial charge in [0.25, 0.3) is 5.91 Å². The monoisotopic (exact) mass is 457 g/mol. The first-order valence-electron chi connectivity index (χ1n) is 11.1. The molecule has 9 heteroatoms. The van der Waals surface area contributed by atoms with Gasteiger partial charge in [0.15, 0.2) is 5.82 Å². The van der Waals surface area contributed by atoms with E-state index in [1.54, 1.807) is 24.5 Å². The molecule has 0 aliphatic carbocycles. The third kappa shape index (κ3) is 6.00. The Balaban J connectivity index is 1.40. The number of H-pyrrole nitrogens is 1. The largest absolute Gasteiger partial charge is 0.489 e. The number of nitrogens with zero attached hydrogens (tertiary/aromatic N) is 5. The standard InChI is InChI=1S/C25H27N7O2/c1-15(2)34-22-7-6-19(26-14-22)13-28-25(33)23-8-5-18(12-27-23)24-29-16(3)9-20(30-24)11-21-10-17(4)31-32-21/h5-10,12,14-15H,11,13H2,1-4H3,(H,28,33)(H,31,32). The number of carbonyl (C=O) groups excluding carboxylic acids is 1. The summed E-state index contributed by atoms with van der Waals surface area (Å²) in [5.41, 5.74) is 5.43. The predicted octanol–water partition coefficient (Wildman–Crippen LogP) is 3.58. The van der Waals surface area contributed by atoms with Crippen LogP contribution < -0.4 is 10.1 Å². The molecule has 0 aromatic carbocycles. The number of nitrogens with one attached hydrogen (secondary N) is 2. The van der Waals surface area contributed by atoms with Gasteiger partial charge in [0.05, 0.1) is 35.9 Å². The fraction of sp³-hybridized carbons (Fsp3) is 0.280. The minimum Gasteiger partial charge on any atom is -0.489 e. The molecule has 0 spiro atoms. The number of aryl methyl sites for hydroxylation is 2. The number of hydrogen-bond acceptors (Lipinski definition) is 7. The van der Waals surface area contributed by atoms with Gasteiger partial charge in [-0.25, -0.2) is 9.97 Å². The molecule has 0 saturated heterocycles.